The van der Waals surface area contributed by atoms with Gasteiger partial charge in [0, 0.05) is 5.39 Å². The van der Waals surface area contributed by atoms with E-state index in [1.165, 1.54) is 11.3 Å². The third kappa shape index (κ3) is 2.11. The van der Waals surface area contributed by atoms with E-state index in [2.05, 4.69) is 15.5 Å². The summed E-state index contributed by atoms with van der Waals surface area (Å²) < 4.78 is 0. The van der Waals surface area contributed by atoms with E-state index in [9.17, 15) is 4.79 Å². The molecule has 0 fully saturated rings. The van der Waals surface area contributed by atoms with Crippen LogP contribution in [0.4, 0.5) is 5.82 Å². The lowest BCUT2D eigenvalue weighted by Crippen LogP contribution is -2.11. The van der Waals surface area contributed by atoms with Crippen LogP contribution in [0.3, 0.4) is 0 Å². The van der Waals surface area contributed by atoms with Crippen LogP contribution in [0.25, 0.3) is 10.9 Å². The van der Waals surface area contributed by atoms with Crippen molar-refractivity contribution in [1.29, 1.82) is 0 Å². The first kappa shape index (κ1) is 12.2. The monoisotopic (exact) mass is 291 g/mol. The highest BCUT2D eigenvalue weighted by Gasteiger charge is 2.16. The van der Waals surface area contributed by atoms with Crippen LogP contribution in [0.5, 0.6) is 0 Å². The number of halogens is 1. The summed E-state index contributed by atoms with van der Waals surface area (Å²) >= 11 is 7.41. The minimum Gasteiger partial charge on any atom is -0.304 e. The van der Waals surface area contributed by atoms with E-state index in [0.717, 1.165) is 16.5 Å². The molecule has 0 saturated carbocycles. The van der Waals surface area contributed by atoms with Gasteiger partial charge in [0.1, 0.15) is 4.88 Å². The maximum atomic E-state index is 12.2. The zero-order valence-electron chi connectivity index (χ0n) is 10.0. The molecule has 4 nitrogen and oxygen atoms in total. The van der Waals surface area contributed by atoms with Gasteiger partial charge in [-0.05, 0) is 30.0 Å². The first-order valence-electron chi connectivity index (χ1n) is 5.65. The van der Waals surface area contributed by atoms with Crippen molar-refractivity contribution >= 4 is 45.6 Å². The van der Waals surface area contributed by atoms with Gasteiger partial charge in [-0.25, -0.2) is 0 Å². The summed E-state index contributed by atoms with van der Waals surface area (Å²) in [5.74, 6) is 0.281. The van der Waals surface area contributed by atoms with Gasteiger partial charge < -0.3 is 5.32 Å². The number of rotatable bonds is 2. The van der Waals surface area contributed by atoms with Crippen molar-refractivity contribution in [2.75, 3.05) is 5.32 Å². The summed E-state index contributed by atoms with van der Waals surface area (Å²) in [6.45, 7) is 1.87. The number of carbonyl (C=O) groups excluding carboxylic acids is 1. The number of benzene rings is 1. The molecule has 6 heteroatoms. The Morgan fingerprint density at radius 2 is 2.21 bits per heavy atom. The predicted molar refractivity (Wildman–Crippen MR) is 78.1 cm³/mol. The van der Waals surface area contributed by atoms with E-state index >= 15 is 0 Å². The molecular weight excluding hydrogens is 282 g/mol. The molecule has 1 amide bonds. The standard InChI is InChI=1S/C13H10ClN3OS/c1-7-6-19-11(10(7)14)13(18)15-12-8-4-2-3-5-9(8)16-17-12/h2-6H,1H3,(H2,15,16,17,18). The van der Waals surface area contributed by atoms with Crippen LogP contribution in [-0.4, -0.2) is 16.1 Å². The van der Waals surface area contributed by atoms with Gasteiger partial charge in [-0.3, -0.25) is 9.89 Å². The van der Waals surface area contributed by atoms with Crippen molar-refractivity contribution in [1.82, 2.24) is 10.2 Å². The highest BCUT2D eigenvalue weighted by Crippen LogP contribution is 2.28. The molecule has 0 aliphatic rings. The lowest BCUT2D eigenvalue weighted by atomic mass is 10.2. The van der Waals surface area contributed by atoms with Gasteiger partial charge in [-0.15, -0.1) is 11.3 Å². The zero-order chi connectivity index (χ0) is 13.4. The topological polar surface area (TPSA) is 57.8 Å². The van der Waals surface area contributed by atoms with Crippen LogP contribution in [0.2, 0.25) is 5.02 Å². The van der Waals surface area contributed by atoms with Gasteiger partial charge in [-0.1, -0.05) is 23.7 Å². The summed E-state index contributed by atoms with van der Waals surface area (Å²) in [5.41, 5.74) is 1.79. The first-order valence-corrected chi connectivity index (χ1v) is 6.90. The Kier molecular flexibility index (Phi) is 3.00. The number of nitrogens with zero attached hydrogens (tertiary/aromatic N) is 1. The molecular formula is C13H10ClN3OS. The predicted octanol–water partition coefficient (Wildman–Crippen LogP) is 3.84. The van der Waals surface area contributed by atoms with Gasteiger partial charge in [-0.2, -0.15) is 5.10 Å². The van der Waals surface area contributed by atoms with Crippen LogP contribution in [0.15, 0.2) is 29.6 Å². The molecule has 0 spiro atoms. The van der Waals surface area contributed by atoms with Gasteiger partial charge >= 0.3 is 0 Å². The maximum absolute atomic E-state index is 12.2. The number of nitrogens with one attached hydrogen (secondary N) is 2. The fourth-order valence-electron chi connectivity index (χ4n) is 1.81. The number of anilines is 1. The molecule has 19 heavy (non-hydrogen) atoms. The van der Waals surface area contributed by atoms with Crippen LogP contribution in [0.1, 0.15) is 15.2 Å². The Labute approximate surface area is 118 Å². The zero-order valence-corrected chi connectivity index (χ0v) is 11.6. The Hall–Kier alpha value is -1.85. The highest BCUT2D eigenvalue weighted by atomic mass is 35.5. The van der Waals surface area contributed by atoms with Gasteiger partial charge in [0.15, 0.2) is 5.82 Å². The van der Waals surface area contributed by atoms with Crippen molar-refractivity contribution in [3.05, 3.63) is 45.1 Å². The number of para-hydroxylation sites is 1. The van der Waals surface area contributed by atoms with E-state index < -0.39 is 0 Å². The summed E-state index contributed by atoms with van der Waals surface area (Å²) in [6, 6.07) is 7.61. The molecule has 0 aliphatic heterocycles. The van der Waals surface area contributed by atoms with Crippen molar-refractivity contribution < 1.29 is 4.79 Å². The van der Waals surface area contributed by atoms with E-state index in [1.807, 2.05) is 36.6 Å². The minimum absolute atomic E-state index is 0.236. The smallest absolute Gasteiger partial charge is 0.268 e. The molecule has 0 radical (unpaired) electrons. The normalized spacial score (nSPS) is 10.8. The fraction of sp³-hybridized carbons (Fsp3) is 0.0769. The Bertz CT molecular complexity index is 762. The average Bonchev–Trinajstić information content (AvgIpc) is 2.96. The molecule has 96 valence electrons. The molecule has 2 aromatic heterocycles. The summed E-state index contributed by atoms with van der Waals surface area (Å²) in [5, 5.41) is 13.0. The molecule has 3 rings (SSSR count). The van der Waals surface area contributed by atoms with Gasteiger partial charge in [0.05, 0.1) is 10.5 Å². The number of aromatic nitrogens is 2. The number of thiophene rings is 1. The largest absolute Gasteiger partial charge is 0.304 e. The van der Waals surface area contributed by atoms with E-state index in [-0.39, 0.29) is 5.91 Å². The fourth-order valence-corrected chi connectivity index (χ4v) is 2.98. The Balaban J connectivity index is 1.93. The number of hydrogen-bond acceptors (Lipinski definition) is 3. The van der Waals surface area contributed by atoms with Crippen molar-refractivity contribution in [2.24, 2.45) is 0 Å². The lowest BCUT2D eigenvalue weighted by Gasteiger charge is -2.01. The summed E-state index contributed by atoms with van der Waals surface area (Å²) in [6.07, 6.45) is 0. The second kappa shape index (κ2) is 4.68. The Morgan fingerprint density at radius 1 is 1.42 bits per heavy atom. The maximum Gasteiger partial charge on any atom is 0.268 e. The first-order chi connectivity index (χ1) is 9.16. The van der Waals surface area contributed by atoms with Crippen LogP contribution in [0, 0.1) is 6.92 Å². The summed E-state index contributed by atoms with van der Waals surface area (Å²) in [7, 11) is 0. The molecule has 0 saturated heterocycles. The number of carbonyl (C=O) groups is 1. The quantitative estimate of drug-likeness (QED) is 0.754. The van der Waals surface area contributed by atoms with Crippen LogP contribution in [-0.2, 0) is 0 Å². The number of fused-ring (bicyclic) bond motifs is 1. The molecule has 0 unspecified atom stereocenters. The molecule has 2 heterocycles. The molecule has 1 aromatic carbocycles. The highest BCUT2D eigenvalue weighted by molar-refractivity contribution is 7.13. The van der Waals surface area contributed by atoms with Gasteiger partial charge in [0.2, 0.25) is 0 Å². The van der Waals surface area contributed by atoms with Crippen molar-refractivity contribution in [3.63, 3.8) is 0 Å². The van der Waals surface area contributed by atoms with Crippen LogP contribution < -0.4 is 5.32 Å². The van der Waals surface area contributed by atoms with Crippen LogP contribution >= 0.6 is 22.9 Å². The molecule has 0 atom stereocenters. The van der Waals surface area contributed by atoms with Crippen molar-refractivity contribution in [3.8, 4) is 0 Å². The average molecular weight is 292 g/mol. The Morgan fingerprint density at radius 3 is 2.95 bits per heavy atom. The number of aryl methyl sites for hydroxylation is 1. The molecule has 3 aromatic rings. The van der Waals surface area contributed by atoms with E-state index in [0.29, 0.717) is 15.7 Å². The number of H-pyrrole nitrogens is 1. The van der Waals surface area contributed by atoms with Crippen molar-refractivity contribution in [2.45, 2.75) is 6.92 Å². The SMILES string of the molecule is Cc1csc(C(=O)Nc2n[nH]c3ccccc23)c1Cl. The number of amides is 1. The van der Waals surface area contributed by atoms with E-state index in [4.69, 9.17) is 11.6 Å². The lowest BCUT2D eigenvalue weighted by molar-refractivity contribution is 0.103. The summed E-state index contributed by atoms with van der Waals surface area (Å²) in [4.78, 5) is 12.7. The third-order valence-corrected chi connectivity index (χ3v) is 4.50. The molecule has 0 bridgehead atoms. The second-order valence-corrected chi connectivity index (χ2v) is 5.39. The molecule has 0 aliphatic carbocycles. The number of hydrogen-bond donors (Lipinski definition) is 2. The number of aromatic amines is 1. The molecule has 2 N–H and O–H groups in total. The third-order valence-electron chi connectivity index (χ3n) is 2.81. The minimum atomic E-state index is -0.236. The second-order valence-electron chi connectivity index (χ2n) is 4.13. The van der Waals surface area contributed by atoms with E-state index in [1.54, 1.807) is 0 Å². The van der Waals surface area contributed by atoms with Gasteiger partial charge in [0.25, 0.3) is 5.91 Å².